The number of hydrogen-bond donors (Lipinski definition) is 0. The average Bonchev–Trinajstić information content (AvgIpc) is 2.27. The number of ether oxygens (including phenoxy) is 1. The Morgan fingerprint density at radius 3 is 1.93 bits per heavy atom. The fourth-order valence-electron chi connectivity index (χ4n) is 1.76. The van der Waals surface area contributed by atoms with Gasteiger partial charge < -0.3 is 4.74 Å². The molecule has 0 unspecified atom stereocenters. The molecule has 0 aromatic carbocycles. The zero-order valence-electron chi connectivity index (χ0n) is 10.4. The minimum absolute atomic E-state index is 0.491. The Bertz CT molecular complexity index is 113. The molecule has 2 heteroatoms. The van der Waals surface area contributed by atoms with Crippen LogP contribution in [0, 0.1) is 0 Å². The normalized spacial score (nSPS) is 13.0. The van der Waals surface area contributed by atoms with Crippen LogP contribution in [0.15, 0.2) is 0 Å². The van der Waals surface area contributed by atoms with Crippen LogP contribution in [0.3, 0.4) is 0 Å². The van der Waals surface area contributed by atoms with E-state index in [1.807, 2.05) is 7.11 Å². The maximum Gasteiger partial charge on any atom is 0.0660 e. The van der Waals surface area contributed by atoms with Crippen molar-refractivity contribution in [1.82, 2.24) is 0 Å². The third-order valence-electron chi connectivity index (χ3n) is 2.89. The summed E-state index contributed by atoms with van der Waals surface area (Å²) in [4.78, 5) is 0. The molecule has 0 bridgehead atoms. The molecule has 0 spiro atoms. The van der Waals surface area contributed by atoms with E-state index in [4.69, 9.17) is 4.74 Å². The van der Waals surface area contributed by atoms with Gasteiger partial charge >= 0.3 is 0 Å². The van der Waals surface area contributed by atoms with Gasteiger partial charge in [-0.25, -0.2) is 0 Å². The fraction of sp³-hybridized carbons (Fsp3) is 1.00. The van der Waals surface area contributed by atoms with Gasteiger partial charge in [0, 0.05) is 11.5 Å². The lowest BCUT2D eigenvalue weighted by molar-refractivity contribution is 0.114. The molecule has 0 aromatic rings. The van der Waals surface area contributed by atoms with Crippen LogP contribution in [0.4, 0.5) is 0 Å². The van der Waals surface area contributed by atoms with Crippen molar-refractivity contribution in [2.75, 3.05) is 11.5 Å². The van der Waals surface area contributed by atoms with E-state index < -0.39 is 0 Å². The Labute approximate surface area is 109 Å². The van der Waals surface area contributed by atoms with Crippen LogP contribution < -0.4 is 0 Å². The summed E-state index contributed by atoms with van der Waals surface area (Å²) in [6.45, 7) is 2.27. The summed E-state index contributed by atoms with van der Waals surface area (Å²) >= 11 is 2.41. The van der Waals surface area contributed by atoms with Crippen molar-refractivity contribution in [2.24, 2.45) is 0 Å². The molecule has 0 aliphatic rings. The number of alkyl halides is 1. The van der Waals surface area contributed by atoms with Crippen LogP contribution in [-0.2, 0) is 4.74 Å². The van der Waals surface area contributed by atoms with Crippen LogP contribution in [0.5, 0.6) is 0 Å². The Morgan fingerprint density at radius 2 is 1.47 bits per heavy atom. The third-order valence-corrected chi connectivity index (χ3v) is 3.87. The average molecular weight is 326 g/mol. The first-order chi connectivity index (χ1) is 7.35. The topological polar surface area (TPSA) is 9.23 Å². The zero-order chi connectivity index (χ0) is 11.4. The number of hydrogen-bond acceptors (Lipinski definition) is 1. The quantitative estimate of drug-likeness (QED) is 0.296. The molecule has 0 aliphatic heterocycles. The van der Waals surface area contributed by atoms with Crippen molar-refractivity contribution in [3.63, 3.8) is 0 Å². The first-order valence-electron chi connectivity index (χ1n) is 6.43. The van der Waals surface area contributed by atoms with Crippen molar-refractivity contribution in [3.05, 3.63) is 0 Å². The van der Waals surface area contributed by atoms with E-state index in [9.17, 15) is 0 Å². The largest absolute Gasteiger partial charge is 0.381 e. The van der Waals surface area contributed by atoms with Crippen LogP contribution >= 0.6 is 22.6 Å². The third kappa shape index (κ3) is 11.0. The highest BCUT2D eigenvalue weighted by molar-refractivity contribution is 14.1. The van der Waals surface area contributed by atoms with Crippen LogP contribution in [-0.4, -0.2) is 17.6 Å². The zero-order valence-corrected chi connectivity index (χ0v) is 12.6. The highest BCUT2D eigenvalue weighted by Gasteiger charge is 2.03. The SMILES string of the molecule is CCCCCCCCCC[C@@H](CI)OC. The lowest BCUT2D eigenvalue weighted by atomic mass is 10.1. The molecule has 0 N–H and O–H groups in total. The molecule has 0 heterocycles. The van der Waals surface area contributed by atoms with Crippen LogP contribution in [0.1, 0.15) is 64.7 Å². The smallest absolute Gasteiger partial charge is 0.0660 e. The summed E-state index contributed by atoms with van der Waals surface area (Å²) in [6, 6.07) is 0. The van der Waals surface area contributed by atoms with E-state index in [0.29, 0.717) is 6.10 Å². The second-order valence-corrected chi connectivity index (χ2v) is 5.16. The lowest BCUT2D eigenvalue weighted by Crippen LogP contribution is -2.11. The first-order valence-corrected chi connectivity index (χ1v) is 7.96. The summed E-state index contributed by atoms with van der Waals surface area (Å²) in [5.41, 5.74) is 0. The maximum atomic E-state index is 5.35. The predicted octanol–water partition coefficient (Wildman–Crippen LogP) is 4.97. The van der Waals surface area contributed by atoms with Crippen LogP contribution in [0.2, 0.25) is 0 Å². The van der Waals surface area contributed by atoms with Crippen molar-refractivity contribution >= 4 is 22.6 Å². The van der Waals surface area contributed by atoms with Gasteiger partial charge in [-0.3, -0.25) is 0 Å². The monoisotopic (exact) mass is 326 g/mol. The summed E-state index contributed by atoms with van der Waals surface area (Å²) < 4.78 is 6.48. The molecular weight excluding hydrogens is 299 g/mol. The van der Waals surface area contributed by atoms with Crippen molar-refractivity contribution in [2.45, 2.75) is 70.8 Å². The van der Waals surface area contributed by atoms with Gasteiger partial charge in [0.1, 0.15) is 0 Å². The van der Waals surface area contributed by atoms with Crippen LogP contribution in [0.25, 0.3) is 0 Å². The second kappa shape index (κ2) is 12.8. The number of halogens is 1. The molecular formula is C13H27IO. The molecule has 0 saturated carbocycles. The maximum absolute atomic E-state index is 5.35. The summed E-state index contributed by atoms with van der Waals surface area (Å²) in [5, 5.41) is 0. The van der Waals surface area contributed by atoms with E-state index in [2.05, 4.69) is 29.5 Å². The second-order valence-electron chi connectivity index (χ2n) is 4.28. The van der Waals surface area contributed by atoms with Crippen molar-refractivity contribution in [3.8, 4) is 0 Å². The minimum Gasteiger partial charge on any atom is -0.381 e. The van der Waals surface area contributed by atoms with E-state index in [0.717, 1.165) is 4.43 Å². The van der Waals surface area contributed by atoms with E-state index in [1.54, 1.807) is 0 Å². The van der Waals surface area contributed by atoms with E-state index in [1.165, 1.54) is 57.8 Å². The Morgan fingerprint density at radius 1 is 0.933 bits per heavy atom. The summed E-state index contributed by atoms with van der Waals surface area (Å²) in [5.74, 6) is 0. The van der Waals surface area contributed by atoms with Gasteiger partial charge in [0.15, 0.2) is 0 Å². The van der Waals surface area contributed by atoms with E-state index in [-0.39, 0.29) is 0 Å². The van der Waals surface area contributed by atoms with Gasteiger partial charge in [-0.2, -0.15) is 0 Å². The molecule has 0 aliphatic carbocycles. The Kier molecular flexibility index (Phi) is 13.3. The Hall–Kier alpha value is 0.690. The highest BCUT2D eigenvalue weighted by Crippen LogP contribution is 2.12. The summed E-state index contributed by atoms with van der Waals surface area (Å²) in [6.07, 6.45) is 13.0. The van der Waals surface area contributed by atoms with Gasteiger partial charge in [-0.15, -0.1) is 0 Å². The van der Waals surface area contributed by atoms with Gasteiger partial charge in [-0.1, -0.05) is 80.9 Å². The Balaban J connectivity index is 3.04. The summed E-state index contributed by atoms with van der Waals surface area (Å²) in [7, 11) is 1.83. The molecule has 0 fully saturated rings. The molecule has 0 radical (unpaired) electrons. The number of methoxy groups -OCH3 is 1. The standard InChI is InChI=1S/C13H27IO/c1-3-4-5-6-7-8-9-10-11-13(12-14)15-2/h13H,3-12H2,1-2H3/t13-/m0/s1. The molecule has 1 atom stereocenters. The van der Waals surface area contributed by atoms with Gasteiger partial charge in [0.05, 0.1) is 6.10 Å². The molecule has 0 aromatic heterocycles. The fourth-order valence-corrected chi connectivity index (χ4v) is 2.56. The first kappa shape index (κ1) is 15.7. The van der Waals surface area contributed by atoms with Crippen molar-refractivity contribution in [1.29, 1.82) is 0 Å². The number of unbranched alkanes of at least 4 members (excludes halogenated alkanes) is 7. The van der Waals surface area contributed by atoms with Gasteiger partial charge in [0.2, 0.25) is 0 Å². The molecule has 0 saturated heterocycles. The van der Waals surface area contributed by atoms with Gasteiger partial charge in [-0.05, 0) is 6.42 Å². The molecule has 15 heavy (non-hydrogen) atoms. The van der Waals surface area contributed by atoms with E-state index >= 15 is 0 Å². The predicted molar refractivity (Wildman–Crippen MR) is 76.9 cm³/mol. The van der Waals surface area contributed by atoms with Crippen molar-refractivity contribution < 1.29 is 4.74 Å². The number of rotatable bonds is 11. The minimum atomic E-state index is 0.491. The lowest BCUT2D eigenvalue weighted by Gasteiger charge is -2.11. The molecule has 92 valence electrons. The highest BCUT2D eigenvalue weighted by atomic mass is 127. The van der Waals surface area contributed by atoms with Gasteiger partial charge in [0.25, 0.3) is 0 Å². The molecule has 1 nitrogen and oxygen atoms in total. The molecule has 0 rings (SSSR count). The molecule has 0 amide bonds.